The second-order valence-electron chi connectivity index (χ2n) is 8.11. The Morgan fingerprint density at radius 3 is 2.69 bits per heavy atom. The number of aliphatic imine (C=N–C) groups is 1. The van der Waals surface area contributed by atoms with Crippen molar-refractivity contribution in [1.82, 2.24) is 25.4 Å². The molecule has 0 fully saturated rings. The van der Waals surface area contributed by atoms with Crippen molar-refractivity contribution in [2.75, 3.05) is 20.7 Å². The maximum absolute atomic E-state index is 5.14. The van der Waals surface area contributed by atoms with Gasteiger partial charge in [0.1, 0.15) is 12.4 Å². The highest BCUT2D eigenvalue weighted by Gasteiger charge is 2.24. The summed E-state index contributed by atoms with van der Waals surface area (Å²) in [4.78, 5) is 8.95. The molecule has 1 atom stereocenters. The van der Waals surface area contributed by atoms with Crippen LogP contribution in [0, 0.1) is 6.92 Å². The van der Waals surface area contributed by atoms with Gasteiger partial charge < -0.3 is 15.4 Å². The molecular weight excluding hydrogens is 479 g/mol. The van der Waals surface area contributed by atoms with Crippen LogP contribution in [0.4, 0.5) is 0 Å². The number of hydrogen-bond donors (Lipinski definition) is 2. The summed E-state index contributed by atoms with van der Waals surface area (Å²) in [6.45, 7) is 8.65. The number of aromatic nitrogens is 3. The van der Waals surface area contributed by atoms with Crippen molar-refractivity contribution in [3.05, 3.63) is 47.0 Å². The lowest BCUT2D eigenvalue weighted by Gasteiger charge is -2.29. The van der Waals surface area contributed by atoms with Gasteiger partial charge in [0.25, 0.3) is 0 Å². The maximum Gasteiger partial charge on any atom is 0.191 e. The molecule has 1 aliphatic rings. The van der Waals surface area contributed by atoms with Gasteiger partial charge in [-0.05, 0) is 18.9 Å². The summed E-state index contributed by atoms with van der Waals surface area (Å²) in [6, 6.07) is 9.02. The third kappa shape index (κ3) is 6.15. The highest BCUT2D eigenvalue weighted by molar-refractivity contribution is 14.0. The number of halogens is 1. The van der Waals surface area contributed by atoms with Crippen molar-refractivity contribution in [2.45, 2.75) is 58.2 Å². The first-order valence-corrected chi connectivity index (χ1v) is 9.87. The van der Waals surface area contributed by atoms with Gasteiger partial charge in [-0.1, -0.05) is 43.7 Å². The Bertz CT molecular complexity index is 815. The zero-order valence-electron chi connectivity index (χ0n) is 18.0. The summed E-state index contributed by atoms with van der Waals surface area (Å²) in [5.74, 6) is 2.61. The molecule has 0 radical (unpaired) electrons. The van der Waals surface area contributed by atoms with E-state index >= 15 is 0 Å². The summed E-state index contributed by atoms with van der Waals surface area (Å²) in [5.41, 5.74) is 2.60. The molecule has 2 heterocycles. The fourth-order valence-corrected chi connectivity index (χ4v) is 3.47. The van der Waals surface area contributed by atoms with Gasteiger partial charge in [0.15, 0.2) is 11.8 Å². The Labute approximate surface area is 190 Å². The van der Waals surface area contributed by atoms with E-state index in [1.54, 1.807) is 7.11 Å². The Balaban J connectivity index is 0.00000300. The first kappa shape index (κ1) is 23.6. The Morgan fingerprint density at radius 2 is 2.03 bits per heavy atom. The Morgan fingerprint density at radius 1 is 1.31 bits per heavy atom. The summed E-state index contributed by atoms with van der Waals surface area (Å²) < 4.78 is 7.12. The molecule has 160 valence electrons. The fraction of sp³-hybridized carbons (Fsp3) is 0.571. The van der Waals surface area contributed by atoms with Crippen LogP contribution in [-0.2, 0) is 29.7 Å². The van der Waals surface area contributed by atoms with Gasteiger partial charge in [-0.15, -0.1) is 24.0 Å². The first-order chi connectivity index (χ1) is 13.4. The van der Waals surface area contributed by atoms with Crippen LogP contribution in [-0.4, -0.2) is 47.5 Å². The molecule has 0 saturated heterocycles. The molecule has 1 aliphatic heterocycles. The highest BCUT2D eigenvalue weighted by atomic mass is 127. The van der Waals surface area contributed by atoms with Crippen LogP contribution in [0.25, 0.3) is 0 Å². The van der Waals surface area contributed by atoms with Crippen LogP contribution < -0.4 is 10.6 Å². The lowest BCUT2D eigenvalue weighted by atomic mass is 9.84. The molecule has 0 spiro atoms. The van der Waals surface area contributed by atoms with Gasteiger partial charge in [-0.2, -0.15) is 5.10 Å². The van der Waals surface area contributed by atoms with Gasteiger partial charge in [-0.3, -0.25) is 4.99 Å². The van der Waals surface area contributed by atoms with Crippen LogP contribution in [0.15, 0.2) is 29.3 Å². The third-order valence-electron chi connectivity index (χ3n) is 5.27. The normalized spacial score (nSPS) is 16.7. The monoisotopic (exact) mass is 512 g/mol. The number of methoxy groups -OCH3 is 1. The number of nitrogens with one attached hydrogen (secondary N) is 2. The largest absolute Gasteiger partial charge is 0.377 e. The van der Waals surface area contributed by atoms with Crippen LogP contribution in [0.3, 0.4) is 0 Å². The van der Waals surface area contributed by atoms with Crippen molar-refractivity contribution < 1.29 is 4.74 Å². The van der Waals surface area contributed by atoms with E-state index in [0.29, 0.717) is 6.61 Å². The topological polar surface area (TPSA) is 76.4 Å². The molecule has 2 N–H and O–H groups in total. The standard InChI is InChI=1S/C21H32N6O.HI/c1-15-6-8-16(9-7-15)21(2,3)14-23-20(22-4)24-17-10-11-19-25-18(13-28-5)26-27(19)12-17;/h6-9,17H,10-14H2,1-5H3,(H2,22,23,24);1H. The third-order valence-corrected chi connectivity index (χ3v) is 5.27. The van der Waals surface area contributed by atoms with Crippen LogP contribution in [0.1, 0.15) is 43.0 Å². The number of benzene rings is 1. The van der Waals surface area contributed by atoms with E-state index in [1.807, 2.05) is 11.7 Å². The first-order valence-electron chi connectivity index (χ1n) is 9.87. The summed E-state index contributed by atoms with van der Waals surface area (Å²) in [6.07, 6.45) is 1.91. The minimum atomic E-state index is 0. The second-order valence-corrected chi connectivity index (χ2v) is 8.11. The average Bonchev–Trinajstić information content (AvgIpc) is 3.07. The molecule has 2 aromatic rings. The molecule has 0 bridgehead atoms. The van der Waals surface area contributed by atoms with Gasteiger partial charge in [-0.25, -0.2) is 9.67 Å². The van der Waals surface area contributed by atoms with Crippen molar-refractivity contribution in [2.24, 2.45) is 4.99 Å². The van der Waals surface area contributed by atoms with E-state index in [4.69, 9.17) is 4.74 Å². The summed E-state index contributed by atoms with van der Waals surface area (Å²) in [5, 5.41) is 11.6. The van der Waals surface area contributed by atoms with Crippen molar-refractivity contribution >= 4 is 29.9 Å². The SMILES string of the molecule is CN=C(NCC(C)(C)c1ccc(C)cc1)NC1CCc2nc(COC)nn2C1.I. The van der Waals surface area contributed by atoms with E-state index in [-0.39, 0.29) is 35.4 Å². The minimum Gasteiger partial charge on any atom is -0.377 e. The average molecular weight is 512 g/mol. The molecule has 7 nitrogen and oxygen atoms in total. The molecule has 8 heteroatoms. The number of rotatable bonds is 6. The van der Waals surface area contributed by atoms with Gasteiger partial charge >= 0.3 is 0 Å². The van der Waals surface area contributed by atoms with Crippen molar-refractivity contribution in [3.8, 4) is 0 Å². The van der Waals surface area contributed by atoms with Crippen LogP contribution >= 0.6 is 24.0 Å². The molecular formula is C21H33IN6O. The van der Waals surface area contributed by atoms with Gasteiger partial charge in [0.2, 0.25) is 0 Å². The molecule has 1 aromatic heterocycles. The molecule has 0 amide bonds. The smallest absolute Gasteiger partial charge is 0.191 e. The molecule has 3 rings (SSSR count). The van der Waals surface area contributed by atoms with Crippen molar-refractivity contribution in [3.63, 3.8) is 0 Å². The highest BCUT2D eigenvalue weighted by Crippen LogP contribution is 2.22. The lowest BCUT2D eigenvalue weighted by Crippen LogP contribution is -2.49. The van der Waals surface area contributed by atoms with E-state index in [9.17, 15) is 0 Å². The van der Waals surface area contributed by atoms with Crippen LogP contribution in [0.2, 0.25) is 0 Å². The maximum atomic E-state index is 5.14. The van der Waals surface area contributed by atoms with E-state index < -0.39 is 0 Å². The molecule has 29 heavy (non-hydrogen) atoms. The lowest BCUT2D eigenvalue weighted by molar-refractivity contribution is 0.177. The zero-order chi connectivity index (χ0) is 20.1. The molecule has 1 unspecified atom stereocenters. The quantitative estimate of drug-likeness (QED) is 0.354. The van der Waals surface area contributed by atoms with Crippen LogP contribution in [0.5, 0.6) is 0 Å². The number of hydrogen-bond acceptors (Lipinski definition) is 4. The predicted octanol–water partition coefficient (Wildman–Crippen LogP) is 2.81. The Kier molecular flexibility index (Phi) is 8.45. The Hall–Kier alpha value is -1.68. The number of nitrogens with zero attached hydrogens (tertiary/aromatic N) is 4. The van der Waals surface area contributed by atoms with Gasteiger partial charge in [0, 0.05) is 38.6 Å². The van der Waals surface area contributed by atoms with Crippen molar-refractivity contribution in [1.29, 1.82) is 0 Å². The number of ether oxygens (including phenoxy) is 1. The fourth-order valence-electron chi connectivity index (χ4n) is 3.47. The van der Waals surface area contributed by atoms with E-state index in [0.717, 1.165) is 43.5 Å². The molecule has 1 aromatic carbocycles. The number of guanidine groups is 1. The van der Waals surface area contributed by atoms with E-state index in [1.165, 1.54) is 11.1 Å². The summed E-state index contributed by atoms with van der Waals surface area (Å²) >= 11 is 0. The number of fused-ring (bicyclic) bond motifs is 1. The van der Waals surface area contributed by atoms with E-state index in [2.05, 4.69) is 70.7 Å². The molecule has 0 aliphatic carbocycles. The zero-order valence-corrected chi connectivity index (χ0v) is 20.4. The summed E-state index contributed by atoms with van der Waals surface area (Å²) in [7, 11) is 3.48. The predicted molar refractivity (Wildman–Crippen MR) is 127 cm³/mol. The second kappa shape index (κ2) is 10.4. The van der Waals surface area contributed by atoms with Gasteiger partial charge in [0.05, 0.1) is 6.54 Å². The molecule has 0 saturated carbocycles. The minimum absolute atomic E-state index is 0. The number of aryl methyl sites for hydroxylation is 2.